The second-order valence-corrected chi connectivity index (χ2v) is 7.25. The van der Waals surface area contributed by atoms with Gasteiger partial charge < -0.3 is 5.32 Å². The molecule has 3 N–H and O–H groups in total. The molecule has 0 fully saturated rings. The molecule has 5 nitrogen and oxygen atoms in total. The maximum Gasteiger partial charge on any atom is 0.265 e. The van der Waals surface area contributed by atoms with Crippen molar-refractivity contribution in [1.82, 2.24) is 10.9 Å². The molecule has 0 saturated heterocycles. The number of carbonyl (C=O) groups excluding carboxylic acids is 2. The monoisotopic (exact) mass is 437 g/mol. The smallest absolute Gasteiger partial charge is 0.265 e. The summed E-state index contributed by atoms with van der Waals surface area (Å²) in [5.74, 6) is -0.491. The molecule has 0 spiro atoms. The van der Waals surface area contributed by atoms with Crippen molar-refractivity contribution in [2.24, 2.45) is 0 Å². The Hall–Kier alpha value is -2.96. The van der Waals surface area contributed by atoms with Crippen molar-refractivity contribution >= 4 is 33.4 Å². The van der Waals surface area contributed by atoms with Gasteiger partial charge in [0.15, 0.2) is 0 Å². The maximum atomic E-state index is 12.3. The van der Waals surface area contributed by atoms with E-state index in [0.717, 1.165) is 15.6 Å². The Morgan fingerprint density at radius 3 is 2.29 bits per heavy atom. The fourth-order valence-electron chi connectivity index (χ4n) is 2.55. The van der Waals surface area contributed by atoms with E-state index < -0.39 is 0 Å². The Labute approximate surface area is 172 Å². The highest BCUT2D eigenvalue weighted by molar-refractivity contribution is 9.10. The van der Waals surface area contributed by atoms with Gasteiger partial charge in [0.25, 0.3) is 11.8 Å². The molecule has 0 aromatic heterocycles. The first-order valence-electron chi connectivity index (χ1n) is 8.77. The fraction of sp³-hybridized carbons (Fsp3) is 0.0909. The quantitative estimate of drug-likeness (QED) is 0.499. The fourth-order valence-corrected chi connectivity index (χ4v) is 2.81. The van der Waals surface area contributed by atoms with Crippen molar-refractivity contribution in [2.75, 3.05) is 5.32 Å². The number of benzene rings is 3. The Balaban J connectivity index is 1.57. The minimum Gasteiger partial charge on any atom is -0.322 e. The number of aryl methyl sites for hydroxylation is 1. The van der Waals surface area contributed by atoms with Gasteiger partial charge in [0.1, 0.15) is 0 Å². The lowest BCUT2D eigenvalue weighted by Crippen LogP contribution is -2.36. The first-order valence-corrected chi connectivity index (χ1v) is 9.56. The zero-order valence-electron chi connectivity index (χ0n) is 15.3. The number of carbonyl (C=O) groups is 2. The second-order valence-electron chi connectivity index (χ2n) is 6.34. The van der Waals surface area contributed by atoms with Crippen LogP contribution in [-0.4, -0.2) is 11.8 Å². The van der Waals surface area contributed by atoms with Gasteiger partial charge in [-0.3, -0.25) is 15.0 Å². The van der Waals surface area contributed by atoms with Gasteiger partial charge in [-0.1, -0.05) is 51.8 Å². The standard InChI is InChI=1S/C22H20BrN3O2/c1-15-5-9-17(10-6-15)21(27)25-20-4-2-3-18(13-20)22(28)26-24-14-16-7-11-19(23)12-8-16/h2-13,24H,14H2,1H3,(H,25,27)(H,26,28). The van der Waals surface area contributed by atoms with E-state index >= 15 is 0 Å². The van der Waals surface area contributed by atoms with E-state index in [4.69, 9.17) is 0 Å². The van der Waals surface area contributed by atoms with Crippen molar-refractivity contribution in [1.29, 1.82) is 0 Å². The summed E-state index contributed by atoms with van der Waals surface area (Å²) in [6.45, 7) is 2.47. The summed E-state index contributed by atoms with van der Waals surface area (Å²) in [5.41, 5.74) is 9.29. The minimum atomic E-state index is -0.274. The van der Waals surface area contributed by atoms with Gasteiger partial charge in [0, 0.05) is 27.8 Å². The van der Waals surface area contributed by atoms with Crippen molar-refractivity contribution in [3.8, 4) is 0 Å². The lowest BCUT2D eigenvalue weighted by atomic mass is 10.1. The highest BCUT2D eigenvalue weighted by Crippen LogP contribution is 2.13. The summed E-state index contributed by atoms with van der Waals surface area (Å²) < 4.78 is 1.00. The highest BCUT2D eigenvalue weighted by Gasteiger charge is 2.09. The second kappa shape index (κ2) is 9.30. The first-order chi connectivity index (χ1) is 13.5. The molecule has 0 heterocycles. The number of halogens is 1. The average molecular weight is 438 g/mol. The number of hydrogen-bond donors (Lipinski definition) is 3. The maximum absolute atomic E-state index is 12.3. The molecule has 28 heavy (non-hydrogen) atoms. The van der Waals surface area contributed by atoms with Gasteiger partial charge in [-0.15, -0.1) is 0 Å². The zero-order valence-corrected chi connectivity index (χ0v) is 16.9. The van der Waals surface area contributed by atoms with E-state index in [1.165, 1.54) is 0 Å². The number of rotatable bonds is 6. The van der Waals surface area contributed by atoms with Crippen LogP contribution >= 0.6 is 15.9 Å². The Morgan fingerprint density at radius 2 is 1.57 bits per heavy atom. The SMILES string of the molecule is Cc1ccc(C(=O)Nc2cccc(C(=O)NNCc3ccc(Br)cc3)c2)cc1. The third-order valence-electron chi connectivity index (χ3n) is 4.10. The molecule has 3 aromatic carbocycles. The summed E-state index contributed by atoms with van der Waals surface area (Å²) >= 11 is 3.39. The molecule has 2 amide bonds. The molecule has 0 aliphatic carbocycles. The van der Waals surface area contributed by atoms with E-state index in [0.29, 0.717) is 23.4 Å². The van der Waals surface area contributed by atoms with Gasteiger partial charge in [-0.05, 0) is 55.0 Å². The van der Waals surface area contributed by atoms with Crippen LogP contribution in [0.2, 0.25) is 0 Å². The molecule has 0 unspecified atom stereocenters. The number of anilines is 1. The van der Waals surface area contributed by atoms with Crippen LogP contribution in [0.1, 0.15) is 31.8 Å². The third-order valence-corrected chi connectivity index (χ3v) is 4.63. The topological polar surface area (TPSA) is 70.2 Å². The predicted molar refractivity (Wildman–Crippen MR) is 114 cm³/mol. The van der Waals surface area contributed by atoms with Gasteiger partial charge in [0.05, 0.1) is 0 Å². The first kappa shape index (κ1) is 19.8. The summed E-state index contributed by atoms with van der Waals surface area (Å²) in [6.07, 6.45) is 0. The van der Waals surface area contributed by atoms with Crippen LogP contribution in [0, 0.1) is 6.92 Å². The molecule has 0 aliphatic rings. The third kappa shape index (κ3) is 5.52. The van der Waals surface area contributed by atoms with E-state index in [1.807, 2.05) is 43.3 Å². The van der Waals surface area contributed by atoms with Crippen molar-refractivity contribution < 1.29 is 9.59 Å². The van der Waals surface area contributed by atoms with Crippen LogP contribution < -0.4 is 16.2 Å². The van der Waals surface area contributed by atoms with Crippen LogP contribution in [0.3, 0.4) is 0 Å². The summed E-state index contributed by atoms with van der Waals surface area (Å²) in [7, 11) is 0. The number of hydrazine groups is 1. The largest absolute Gasteiger partial charge is 0.322 e. The molecule has 3 rings (SSSR count). The number of nitrogens with one attached hydrogen (secondary N) is 3. The predicted octanol–water partition coefficient (Wildman–Crippen LogP) is 4.44. The Kier molecular flexibility index (Phi) is 6.57. The van der Waals surface area contributed by atoms with E-state index in [-0.39, 0.29) is 11.8 Å². The van der Waals surface area contributed by atoms with Crippen LogP contribution in [0.15, 0.2) is 77.3 Å². The average Bonchev–Trinajstić information content (AvgIpc) is 2.70. The molecule has 3 aromatic rings. The zero-order chi connectivity index (χ0) is 19.9. The van der Waals surface area contributed by atoms with Crippen LogP contribution in [0.25, 0.3) is 0 Å². The van der Waals surface area contributed by atoms with Gasteiger partial charge in [-0.2, -0.15) is 0 Å². The lowest BCUT2D eigenvalue weighted by Gasteiger charge is -2.10. The van der Waals surface area contributed by atoms with Gasteiger partial charge in [-0.25, -0.2) is 5.43 Å². The minimum absolute atomic E-state index is 0.217. The van der Waals surface area contributed by atoms with E-state index in [1.54, 1.807) is 36.4 Å². The van der Waals surface area contributed by atoms with Crippen molar-refractivity contribution in [3.63, 3.8) is 0 Å². The Morgan fingerprint density at radius 1 is 0.857 bits per heavy atom. The van der Waals surface area contributed by atoms with Crippen LogP contribution in [0.4, 0.5) is 5.69 Å². The van der Waals surface area contributed by atoms with Gasteiger partial charge in [0.2, 0.25) is 0 Å². The van der Waals surface area contributed by atoms with E-state index in [9.17, 15) is 9.59 Å². The molecule has 6 heteroatoms. The molecule has 0 atom stereocenters. The molecular formula is C22H20BrN3O2. The van der Waals surface area contributed by atoms with E-state index in [2.05, 4.69) is 32.1 Å². The number of amides is 2. The molecule has 142 valence electrons. The summed E-state index contributed by atoms with van der Waals surface area (Å²) in [6, 6.07) is 21.9. The van der Waals surface area contributed by atoms with Gasteiger partial charge >= 0.3 is 0 Å². The Bertz CT molecular complexity index is 970. The van der Waals surface area contributed by atoms with Crippen LogP contribution in [0.5, 0.6) is 0 Å². The molecule has 0 bridgehead atoms. The summed E-state index contributed by atoms with van der Waals surface area (Å²) in [5, 5.41) is 2.82. The highest BCUT2D eigenvalue weighted by atomic mass is 79.9. The number of hydrogen-bond acceptors (Lipinski definition) is 3. The molecule has 0 radical (unpaired) electrons. The van der Waals surface area contributed by atoms with Crippen molar-refractivity contribution in [3.05, 3.63) is 99.5 Å². The molecule has 0 saturated carbocycles. The lowest BCUT2D eigenvalue weighted by molar-refractivity contribution is 0.0931. The summed E-state index contributed by atoms with van der Waals surface area (Å²) in [4.78, 5) is 24.7. The molecular weight excluding hydrogens is 418 g/mol. The normalized spacial score (nSPS) is 10.4. The van der Waals surface area contributed by atoms with Crippen LogP contribution in [-0.2, 0) is 6.54 Å². The molecule has 0 aliphatic heterocycles. The van der Waals surface area contributed by atoms with Crippen molar-refractivity contribution in [2.45, 2.75) is 13.5 Å².